The van der Waals surface area contributed by atoms with Crippen molar-refractivity contribution in [2.75, 3.05) is 6.54 Å². The van der Waals surface area contributed by atoms with Gasteiger partial charge in [-0.1, -0.05) is 29.3 Å². The Morgan fingerprint density at radius 1 is 1.14 bits per heavy atom. The summed E-state index contributed by atoms with van der Waals surface area (Å²) in [4.78, 5) is 65.1. The minimum Gasteiger partial charge on any atom is -0.508 e. The first-order valence-electron chi connectivity index (χ1n) is 11.9. The number of carboxylic acid groups (broad SMARTS) is 1. The average Bonchev–Trinajstić information content (AvgIpc) is 3.06. The monoisotopic (exact) mass is 509 g/mol. The Labute approximate surface area is 211 Å². The van der Waals surface area contributed by atoms with Crippen molar-refractivity contribution in [2.45, 2.75) is 38.5 Å². The number of phenols is 1. The number of aromatic hydroxyl groups is 1. The number of likely N-dealkylation sites (tertiary alicyclic amines) is 1. The summed E-state index contributed by atoms with van der Waals surface area (Å²) in [6, 6.07) is 4.45. The molecule has 5 rings (SSSR count). The zero-order valence-corrected chi connectivity index (χ0v) is 20.2. The topological polar surface area (TPSA) is 129 Å². The number of nitrogens with zero attached hydrogens (tertiary/aromatic N) is 1. The number of benzene rings is 1. The predicted octanol–water partition coefficient (Wildman–Crippen LogP) is 3.34. The third-order valence-corrected chi connectivity index (χ3v) is 8.05. The maximum atomic E-state index is 13.5. The van der Waals surface area contributed by atoms with Gasteiger partial charge in [-0.25, -0.2) is 0 Å². The first kappa shape index (κ1) is 24.2. The van der Waals surface area contributed by atoms with Crippen LogP contribution in [0.4, 0.5) is 0 Å². The molecule has 36 heavy (non-hydrogen) atoms. The van der Waals surface area contributed by atoms with Gasteiger partial charge in [-0.15, -0.1) is 0 Å². The summed E-state index contributed by atoms with van der Waals surface area (Å²) in [6.45, 7) is 1.61. The highest BCUT2D eigenvalue weighted by molar-refractivity contribution is 6.32. The van der Waals surface area contributed by atoms with Gasteiger partial charge < -0.3 is 10.2 Å². The van der Waals surface area contributed by atoms with Gasteiger partial charge in [0, 0.05) is 40.6 Å². The van der Waals surface area contributed by atoms with Crippen LogP contribution in [0, 0.1) is 17.8 Å². The maximum absolute atomic E-state index is 13.5. The Morgan fingerprint density at radius 3 is 2.58 bits per heavy atom. The zero-order valence-electron chi connectivity index (χ0n) is 19.5. The fourth-order valence-corrected chi connectivity index (χ4v) is 6.45. The number of carbonyl (C=O) groups is 5. The summed E-state index contributed by atoms with van der Waals surface area (Å²) in [7, 11) is 0. The molecule has 0 unspecified atom stereocenters. The van der Waals surface area contributed by atoms with E-state index < -0.39 is 29.6 Å². The van der Waals surface area contributed by atoms with E-state index in [0.717, 1.165) is 10.5 Å². The Bertz CT molecular complexity index is 1340. The van der Waals surface area contributed by atoms with Crippen molar-refractivity contribution in [3.05, 3.63) is 63.2 Å². The number of phenolic OH excluding ortho intramolecular Hbond substituents is 1. The Morgan fingerprint density at radius 2 is 1.89 bits per heavy atom. The second-order valence-electron chi connectivity index (χ2n) is 9.76. The van der Waals surface area contributed by atoms with E-state index in [2.05, 4.69) is 0 Å². The van der Waals surface area contributed by atoms with E-state index in [-0.39, 0.29) is 60.0 Å². The molecule has 0 aromatic heterocycles. The number of allylic oxidation sites excluding steroid dienone is 6. The minimum absolute atomic E-state index is 0.0272. The Kier molecular flexibility index (Phi) is 5.95. The highest BCUT2D eigenvalue weighted by Gasteiger charge is 2.56. The van der Waals surface area contributed by atoms with E-state index in [1.165, 1.54) is 18.2 Å². The largest absolute Gasteiger partial charge is 0.508 e. The highest BCUT2D eigenvalue weighted by Crippen LogP contribution is 2.55. The van der Waals surface area contributed by atoms with Gasteiger partial charge in [0.25, 0.3) is 0 Å². The molecule has 0 radical (unpaired) electrons. The molecule has 186 valence electrons. The summed E-state index contributed by atoms with van der Waals surface area (Å²) in [5.41, 5.74) is 2.29. The summed E-state index contributed by atoms with van der Waals surface area (Å²) < 4.78 is 0. The van der Waals surface area contributed by atoms with E-state index >= 15 is 0 Å². The van der Waals surface area contributed by atoms with Gasteiger partial charge in [0.2, 0.25) is 11.8 Å². The lowest BCUT2D eigenvalue weighted by atomic mass is 9.59. The molecule has 4 aliphatic rings. The number of fused-ring (bicyclic) bond motifs is 3. The van der Waals surface area contributed by atoms with Crippen molar-refractivity contribution in [3.63, 3.8) is 0 Å². The van der Waals surface area contributed by atoms with Crippen molar-refractivity contribution < 1.29 is 34.2 Å². The molecule has 1 aromatic carbocycles. The molecule has 1 aromatic rings. The molecule has 0 bridgehead atoms. The number of rotatable bonds is 5. The lowest BCUT2D eigenvalue weighted by Crippen LogP contribution is -2.40. The standard InChI is InChI=1S/C27H24ClNO7/c1-12-9-20(31)24-18(25(12)34)11-17-14(22(24)15-5-4-13(30)10-19(15)28)6-7-16-23(17)27(36)29(26(16)35)8-2-3-21(32)33/h4-6,9-10,16-17,22-23,30H,2-3,7-8,11H2,1H3,(H,32,33)/t16-,17+,22+,23-/m0/s1. The van der Waals surface area contributed by atoms with E-state index in [1.807, 2.05) is 6.08 Å². The van der Waals surface area contributed by atoms with Crippen LogP contribution < -0.4 is 0 Å². The van der Waals surface area contributed by atoms with E-state index in [9.17, 15) is 29.1 Å². The van der Waals surface area contributed by atoms with Crippen LogP contribution >= 0.6 is 11.6 Å². The molecule has 9 heteroatoms. The van der Waals surface area contributed by atoms with Crippen LogP contribution in [-0.4, -0.2) is 51.0 Å². The second-order valence-corrected chi connectivity index (χ2v) is 10.2. The summed E-state index contributed by atoms with van der Waals surface area (Å²) in [5, 5.41) is 19.1. The van der Waals surface area contributed by atoms with Crippen LogP contribution in [0.3, 0.4) is 0 Å². The number of ketones is 2. The lowest BCUT2D eigenvalue weighted by Gasteiger charge is -2.42. The van der Waals surface area contributed by atoms with Crippen molar-refractivity contribution in [3.8, 4) is 5.75 Å². The molecule has 1 heterocycles. The lowest BCUT2D eigenvalue weighted by molar-refractivity contribution is -0.142. The number of hydrogen-bond donors (Lipinski definition) is 2. The Hall–Kier alpha value is -3.52. The fraction of sp³-hybridized carbons (Fsp3) is 0.370. The number of carboxylic acids is 1. The normalized spacial score (nSPS) is 27.4. The summed E-state index contributed by atoms with van der Waals surface area (Å²) in [5.74, 6) is -4.76. The van der Waals surface area contributed by atoms with Gasteiger partial charge in [-0.2, -0.15) is 0 Å². The van der Waals surface area contributed by atoms with Crippen molar-refractivity contribution in [1.29, 1.82) is 0 Å². The number of imide groups is 1. The first-order valence-corrected chi connectivity index (χ1v) is 12.2. The van der Waals surface area contributed by atoms with Gasteiger partial charge in [0.05, 0.1) is 11.8 Å². The molecule has 1 fully saturated rings. The predicted molar refractivity (Wildman–Crippen MR) is 128 cm³/mol. The first-order chi connectivity index (χ1) is 17.1. The summed E-state index contributed by atoms with van der Waals surface area (Å²) in [6.07, 6.45) is 3.67. The molecule has 4 atom stereocenters. The van der Waals surface area contributed by atoms with Crippen LogP contribution in [0.15, 0.2) is 52.6 Å². The number of aliphatic carboxylic acids is 1. The second kappa shape index (κ2) is 8.85. The highest BCUT2D eigenvalue weighted by atomic mass is 35.5. The number of halogens is 1. The van der Waals surface area contributed by atoms with Gasteiger partial charge >= 0.3 is 5.97 Å². The Balaban J connectivity index is 1.59. The third-order valence-electron chi connectivity index (χ3n) is 7.72. The maximum Gasteiger partial charge on any atom is 0.303 e. The van der Waals surface area contributed by atoms with Crippen molar-refractivity contribution in [2.24, 2.45) is 17.8 Å². The number of Topliss-reactive ketones (excluding diaryl/α,β-unsaturated/α-hetero) is 1. The van der Waals surface area contributed by atoms with E-state index in [4.69, 9.17) is 16.7 Å². The molecule has 8 nitrogen and oxygen atoms in total. The number of amides is 2. The molecule has 1 saturated heterocycles. The molecule has 0 spiro atoms. The molecule has 2 N–H and O–H groups in total. The van der Waals surface area contributed by atoms with Gasteiger partial charge in [-0.05, 0) is 55.9 Å². The average molecular weight is 510 g/mol. The van der Waals surface area contributed by atoms with Crippen LogP contribution in [-0.2, 0) is 24.0 Å². The zero-order chi connectivity index (χ0) is 25.9. The molecule has 2 amide bonds. The fourth-order valence-electron chi connectivity index (χ4n) is 6.16. The van der Waals surface area contributed by atoms with Crippen LogP contribution in [0.25, 0.3) is 0 Å². The molecule has 1 aliphatic heterocycles. The van der Waals surface area contributed by atoms with Crippen LogP contribution in [0.5, 0.6) is 5.75 Å². The van der Waals surface area contributed by atoms with Gasteiger partial charge in [0.1, 0.15) is 5.75 Å². The third kappa shape index (κ3) is 3.71. The van der Waals surface area contributed by atoms with Gasteiger partial charge in [0.15, 0.2) is 11.6 Å². The van der Waals surface area contributed by atoms with Crippen LogP contribution in [0.2, 0.25) is 5.02 Å². The SMILES string of the molecule is CC1=CC(=O)C2=C(C[C@@H]3C(=CC[C@@H]4C(=O)N(CCCC(=O)O)C(=O)[C@@H]43)[C@@H]2c2ccc(O)cc2Cl)C1=O. The van der Waals surface area contributed by atoms with E-state index in [0.29, 0.717) is 28.7 Å². The molecular weight excluding hydrogens is 486 g/mol. The summed E-state index contributed by atoms with van der Waals surface area (Å²) >= 11 is 6.51. The van der Waals surface area contributed by atoms with Crippen molar-refractivity contribution >= 4 is 41.0 Å². The minimum atomic E-state index is -1.00. The number of hydrogen-bond acceptors (Lipinski definition) is 6. The quantitative estimate of drug-likeness (QED) is 0.354. The smallest absolute Gasteiger partial charge is 0.303 e. The van der Waals surface area contributed by atoms with E-state index in [1.54, 1.807) is 13.0 Å². The van der Waals surface area contributed by atoms with Crippen LogP contribution in [0.1, 0.15) is 44.1 Å². The molecule has 3 aliphatic carbocycles. The molecular formula is C27H24ClNO7. The van der Waals surface area contributed by atoms with Gasteiger partial charge in [-0.3, -0.25) is 28.9 Å². The van der Waals surface area contributed by atoms with Crippen molar-refractivity contribution in [1.82, 2.24) is 4.90 Å². The number of carbonyl (C=O) groups excluding carboxylic acids is 4. The molecule has 0 saturated carbocycles.